The Kier molecular flexibility index (Phi) is 6.47. The van der Waals surface area contributed by atoms with Crippen LogP contribution in [0.25, 0.3) is 6.08 Å². The number of anilines is 1. The Labute approximate surface area is 179 Å². The van der Waals surface area contributed by atoms with E-state index in [9.17, 15) is 14.0 Å². The van der Waals surface area contributed by atoms with Crippen molar-refractivity contribution in [1.29, 1.82) is 0 Å². The second kappa shape index (κ2) is 9.04. The maximum Gasteiger partial charge on any atom is 0.270 e. The highest BCUT2D eigenvalue weighted by Crippen LogP contribution is 2.34. The molecule has 0 aliphatic carbocycles. The van der Waals surface area contributed by atoms with Crippen LogP contribution in [0.4, 0.5) is 10.1 Å². The molecule has 2 aromatic carbocycles. The molecule has 1 fully saturated rings. The number of rotatable bonds is 6. The Morgan fingerprint density at radius 2 is 1.97 bits per heavy atom. The minimum Gasteiger partial charge on any atom is -0.493 e. The van der Waals surface area contributed by atoms with Crippen LogP contribution in [0.3, 0.4) is 0 Å². The quantitative estimate of drug-likeness (QED) is 0.430. The van der Waals surface area contributed by atoms with Gasteiger partial charge in [-0.1, -0.05) is 25.1 Å². The summed E-state index contributed by atoms with van der Waals surface area (Å²) in [5, 5.41) is 2.37. The van der Waals surface area contributed by atoms with Gasteiger partial charge in [0.1, 0.15) is 11.4 Å². The van der Waals surface area contributed by atoms with Gasteiger partial charge in [0.2, 0.25) is 0 Å². The first kappa shape index (κ1) is 21.4. The number of halogens is 1. The summed E-state index contributed by atoms with van der Waals surface area (Å²) in [4.78, 5) is 26.8. The van der Waals surface area contributed by atoms with E-state index >= 15 is 0 Å². The fourth-order valence-corrected chi connectivity index (χ4v) is 3.16. The SMILES string of the molecule is CC[C@@H](C)Oc1c(/C=C2\C(=O)NC(=S)N(c3cccc(F)c3)C2=O)cccc1OC. The third kappa shape index (κ3) is 4.33. The van der Waals surface area contributed by atoms with Crippen molar-refractivity contribution in [1.82, 2.24) is 5.32 Å². The van der Waals surface area contributed by atoms with Crippen LogP contribution in [0.1, 0.15) is 25.8 Å². The van der Waals surface area contributed by atoms with Crippen LogP contribution in [-0.4, -0.2) is 30.1 Å². The average Bonchev–Trinajstić information content (AvgIpc) is 2.71. The van der Waals surface area contributed by atoms with Crippen molar-refractivity contribution in [2.24, 2.45) is 0 Å². The average molecular weight is 428 g/mol. The van der Waals surface area contributed by atoms with Crippen LogP contribution < -0.4 is 19.7 Å². The summed E-state index contributed by atoms with van der Waals surface area (Å²) in [6.07, 6.45) is 2.08. The number of thiocarbonyl (C=S) groups is 1. The van der Waals surface area contributed by atoms with Crippen LogP contribution in [0.5, 0.6) is 11.5 Å². The van der Waals surface area contributed by atoms with Gasteiger partial charge in [-0.25, -0.2) is 4.39 Å². The lowest BCUT2D eigenvalue weighted by Crippen LogP contribution is -2.54. The zero-order valence-electron chi connectivity index (χ0n) is 16.8. The van der Waals surface area contributed by atoms with Gasteiger partial charge in [0.15, 0.2) is 16.6 Å². The summed E-state index contributed by atoms with van der Waals surface area (Å²) in [6, 6.07) is 10.6. The van der Waals surface area contributed by atoms with Gasteiger partial charge in [0.05, 0.1) is 18.9 Å². The van der Waals surface area contributed by atoms with Gasteiger partial charge in [0, 0.05) is 5.56 Å². The van der Waals surface area contributed by atoms with Crippen LogP contribution >= 0.6 is 12.2 Å². The van der Waals surface area contributed by atoms with E-state index in [1.54, 1.807) is 18.2 Å². The highest BCUT2D eigenvalue weighted by Gasteiger charge is 2.35. The first-order chi connectivity index (χ1) is 14.3. The molecule has 0 aromatic heterocycles. The predicted octanol–water partition coefficient (Wildman–Crippen LogP) is 3.84. The van der Waals surface area contributed by atoms with E-state index < -0.39 is 17.6 Å². The van der Waals surface area contributed by atoms with Gasteiger partial charge in [-0.2, -0.15) is 0 Å². The summed E-state index contributed by atoms with van der Waals surface area (Å²) < 4.78 is 25.0. The molecule has 0 saturated carbocycles. The van der Waals surface area contributed by atoms with E-state index in [2.05, 4.69) is 5.32 Å². The van der Waals surface area contributed by atoms with Crippen LogP contribution in [0, 0.1) is 5.82 Å². The van der Waals surface area contributed by atoms with E-state index in [-0.39, 0.29) is 22.5 Å². The lowest BCUT2D eigenvalue weighted by atomic mass is 10.1. The van der Waals surface area contributed by atoms with Crippen LogP contribution in [0.2, 0.25) is 0 Å². The molecule has 2 amide bonds. The standard InChI is InChI=1S/C22H21FN2O4S/c1-4-13(2)29-19-14(7-5-10-18(19)28-3)11-17-20(26)24-22(30)25(21(17)27)16-9-6-8-15(23)12-16/h5-13H,4H2,1-3H3,(H,24,26,30)/b17-11+/t13-/m1/s1. The van der Waals surface area contributed by atoms with E-state index in [0.717, 1.165) is 11.3 Å². The molecule has 1 N–H and O–H groups in total. The topological polar surface area (TPSA) is 67.9 Å². The molecule has 1 saturated heterocycles. The number of carbonyl (C=O) groups excluding carboxylic acids is 2. The number of carbonyl (C=O) groups is 2. The molecule has 1 atom stereocenters. The number of hydrogen-bond donors (Lipinski definition) is 1. The third-order valence-electron chi connectivity index (χ3n) is 4.59. The number of para-hydroxylation sites is 1. The maximum absolute atomic E-state index is 13.7. The van der Waals surface area contributed by atoms with E-state index in [1.807, 2.05) is 13.8 Å². The lowest BCUT2D eigenvalue weighted by Gasteiger charge is -2.29. The molecule has 0 unspecified atom stereocenters. The molecule has 3 rings (SSSR count). The first-order valence-corrected chi connectivity index (χ1v) is 9.77. The molecule has 1 aliphatic rings. The van der Waals surface area contributed by atoms with Crippen molar-refractivity contribution in [3.8, 4) is 11.5 Å². The minimum atomic E-state index is -0.661. The van der Waals surface area contributed by atoms with Gasteiger partial charge in [-0.05, 0) is 55.9 Å². The molecular formula is C22H21FN2O4S. The number of methoxy groups -OCH3 is 1. The Hall–Kier alpha value is -3.26. The normalized spacial score (nSPS) is 16.5. The first-order valence-electron chi connectivity index (χ1n) is 9.36. The summed E-state index contributed by atoms with van der Waals surface area (Å²) in [7, 11) is 1.51. The van der Waals surface area contributed by atoms with Gasteiger partial charge >= 0.3 is 0 Å². The fourth-order valence-electron chi connectivity index (χ4n) is 2.88. The van der Waals surface area contributed by atoms with Gasteiger partial charge < -0.3 is 9.47 Å². The number of benzene rings is 2. The Morgan fingerprint density at radius 3 is 2.63 bits per heavy atom. The minimum absolute atomic E-state index is 0.106. The third-order valence-corrected chi connectivity index (χ3v) is 4.88. The molecule has 0 bridgehead atoms. The van der Waals surface area contributed by atoms with Crippen molar-refractivity contribution in [2.75, 3.05) is 12.0 Å². The summed E-state index contributed by atoms with van der Waals surface area (Å²) in [5.41, 5.74) is 0.563. The lowest BCUT2D eigenvalue weighted by molar-refractivity contribution is -0.122. The van der Waals surface area contributed by atoms with Crippen molar-refractivity contribution in [3.63, 3.8) is 0 Å². The number of nitrogens with zero attached hydrogens (tertiary/aromatic N) is 1. The van der Waals surface area contributed by atoms with Gasteiger partial charge in [-0.15, -0.1) is 0 Å². The van der Waals surface area contributed by atoms with Crippen molar-refractivity contribution in [3.05, 3.63) is 59.4 Å². The van der Waals surface area contributed by atoms with E-state index in [1.165, 1.54) is 37.5 Å². The summed E-state index contributed by atoms with van der Waals surface area (Å²) in [5.74, 6) is -0.928. The van der Waals surface area contributed by atoms with E-state index in [4.69, 9.17) is 21.7 Å². The predicted molar refractivity (Wildman–Crippen MR) is 116 cm³/mol. The molecule has 1 heterocycles. The molecular weight excluding hydrogens is 407 g/mol. The van der Waals surface area contributed by atoms with Crippen LogP contribution in [0.15, 0.2) is 48.0 Å². The molecule has 1 aliphatic heterocycles. The van der Waals surface area contributed by atoms with Crippen molar-refractivity contribution >= 4 is 40.9 Å². The van der Waals surface area contributed by atoms with E-state index in [0.29, 0.717) is 17.1 Å². The zero-order valence-corrected chi connectivity index (χ0v) is 17.6. The number of amides is 2. The van der Waals surface area contributed by atoms with Crippen molar-refractivity contribution < 1.29 is 23.5 Å². The molecule has 6 nitrogen and oxygen atoms in total. The summed E-state index contributed by atoms with van der Waals surface area (Å²) >= 11 is 5.14. The number of hydrogen-bond acceptors (Lipinski definition) is 5. The second-order valence-electron chi connectivity index (χ2n) is 6.65. The Bertz CT molecular complexity index is 1040. The molecule has 8 heteroatoms. The maximum atomic E-state index is 13.7. The molecule has 0 spiro atoms. The van der Waals surface area contributed by atoms with Crippen molar-refractivity contribution in [2.45, 2.75) is 26.4 Å². The highest BCUT2D eigenvalue weighted by molar-refractivity contribution is 7.80. The highest BCUT2D eigenvalue weighted by atomic mass is 32.1. The molecule has 2 aromatic rings. The number of nitrogens with one attached hydrogen (secondary N) is 1. The molecule has 30 heavy (non-hydrogen) atoms. The van der Waals surface area contributed by atoms with Crippen LogP contribution in [-0.2, 0) is 9.59 Å². The largest absolute Gasteiger partial charge is 0.493 e. The Morgan fingerprint density at radius 1 is 1.23 bits per heavy atom. The number of ether oxygens (including phenoxy) is 2. The monoisotopic (exact) mass is 428 g/mol. The summed E-state index contributed by atoms with van der Waals surface area (Å²) in [6.45, 7) is 3.89. The van der Waals surface area contributed by atoms with Gasteiger partial charge in [-0.3, -0.25) is 19.8 Å². The molecule has 156 valence electrons. The van der Waals surface area contributed by atoms with Gasteiger partial charge in [0.25, 0.3) is 11.8 Å². The zero-order chi connectivity index (χ0) is 21.8. The Balaban J connectivity index is 2.07. The second-order valence-corrected chi connectivity index (χ2v) is 7.04. The smallest absolute Gasteiger partial charge is 0.270 e. The molecule has 0 radical (unpaired) electrons. The fraction of sp³-hybridized carbons (Fsp3) is 0.227.